The van der Waals surface area contributed by atoms with Crippen LogP contribution in [-0.2, 0) is 0 Å². The summed E-state index contributed by atoms with van der Waals surface area (Å²) in [5.41, 5.74) is 1.02. The van der Waals surface area contributed by atoms with Crippen molar-refractivity contribution in [2.24, 2.45) is 5.92 Å². The number of nitrogens with zero attached hydrogens (tertiary/aromatic N) is 1. The van der Waals surface area contributed by atoms with E-state index in [1.807, 2.05) is 12.1 Å². The Hall–Kier alpha value is -1.22. The standard InChI is InChI=1S/C15H21NO2/c1-10(16-9-11-3-4-12(16)7-11)14-6-5-13(18-2)8-15(14)17/h5-6,8,10-12,17H,3-4,7,9H2,1-2H3. The van der Waals surface area contributed by atoms with Gasteiger partial charge in [-0.3, -0.25) is 4.90 Å². The minimum absolute atomic E-state index is 0.297. The van der Waals surface area contributed by atoms with Gasteiger partial charge in [0.1, 0.15) is 11.5 Å². The van der Waals surface area contributed by atoms with E-state index in [4.69, 9.17) is 4.74 Å². The molecule has 0 aromatic heterocycles. The van der Waals surface area contributed by atoms with E-state index in [1.54, 1.807) is 13.2 Å². The highest BCUT2D eigenvalue weighted by atomic mass is 16.5. The molecule has 98 valence electrons. The van der Waals surface area contributed by atoms with Gasteiger partial charge in [-0.15, -0.1) is 0 Å². The third kappa shape index (κ3) is 1.87. The van der Waals surface area contributed by atoms with Crippen LogP contribution in [0.1, 0.15) is 37.8 Å². The molecule has 0 amide bonds. The number of hydrogen-bond donors (Lipinski definition) is 1. The van der Waals surface area contributed by atoms with Crippen LogP contribution in [0.15, 0.2) is 18.2 Å². The molecular weight excluding hydrogens is 226 g/mol. The quantitative estimate of drug-likeness (QED) is 0.891. The largest absolute Gasteiger partial charge is 0.507 e. The van der Waals surface area contributed by atoms with Crippen molar-refractivity contribution >= 4 is 0 Å². The highest BCUT2D eigenvalue weighted by molar-refractivity contribution is 5.41. The number of fused-ring (bicyclic) bond motifs is 2. The van der Waals surface area contributed by atoms with Crippen molar-refractivity contribution in [1.29, 1.82) is 0 Å². The Morgan fingerprint density at radius 2 is 2.22 bits per heavy atom. The van der Waals surface area contributed by atoms with Crippen molar-refractivity contribution in [3.8, 4) is 11.5 Å². The zero-order valence-electron chi connectivity index (χ0n) is 11.1. The molecule has 3 nitrogen and oxygen atoms in total. The second-order valence-corrected chi connectivity index (χ2v) is 5.63. The van der Waals surface area contributed by atoms with E-state index in [-0.39, 0.29) is 0 Å². The highest BCUT2D eigenvalue weighted by Gasteiger charge is 2.40. The summed E-state index contributed by atoms with van der Waals surface area (Å²) in [6, 6.07) is 6.66. The Kier molecular flexibility index (Phi) is 2.94. The first-order valence-electron chi connectivity index (χ1n) is 6.81. The molecule has 3 unspecified atom stereocenters. The molecule has 1 aliphatic heterocycles. The lowest BCUT2D eigenvalue weighted by molar-refractivity contribution is 0.158. The summed E-state index contributed by atoms with van der Waals surface area (Å²) in [5.74, 6) is 1.95. The molecule has 1 heterocycles. The third-order valence-electron chi connectivity index (χ3n) is 4.64. The Balaban J connectivity index is 1.82. The van der Waals surface area contributed by atoms with Crippen LogP contribution >= 0.6 is 0 Å². The molecule has 3 rings (SSSR count). The molecule has 1 N–H and O–H groups in total. The number of phenols is 1. The van der Waals surface area contributed by atoms with Gasteiger partial charge in [-0.05, 0) is 38.2 Å². The minimum Gasteiger partial charge on any atom is -0.507 e. The molecule has 1 saturated carbocycles. The molecule has 1 aromatic rings. The van der Waals surface area contributed by atoms with E-state index in [2.05, 4.69) is 11.8 Å². The number of likely N-dealkylation sites (tertiary alicyclic amines) is 1. The molecule has 1 saturated heterocycles. The zero-order chi connectivity index (χ0) is 12.7. The molecular formula is C15H21NO2. The van der Waals surface area contributed by atoms with Gasteiger partial charge in [-0.2, -0.15) is 0 Å². The molecule has 2 bridgehead atoms. The normalized spacial score (nSPS) is 28.6. The van der Waals surface area contributed by atoms with Gasteiger partial charge in [0.25, 0.3) is 0 Å². The fourth-order valence-electron chi connectivity index (χ4n) is 3.62. The second kappa shape index (κ2) is 4.47. The van der Waals surface area contributed by atoms with Gasteiger partial charge >= 0.3 is 0 Å². The van der Waals surface area contributed by atoms with Gasteiger partial charge in [0, 0.05) is 30.3 Å². The van der Waals surface area contributed by atoms with Gasteiger partial charge < -0.3 is 9.84 Å². The van der Waals surface area contributed by atoms with Crippen molar-refractivity contribution in [3.63, 3.8) is 0 Å². The molecule has 2 aliphatic rings. The first kappa shape index (κ1) is 11.8. The van der Waals surface area contributed by atoms with E-state index >= 15 is 0 Å². The zero-order valence-corrected chi connectivity index (χ0v) is 11.1. The third-order valence-corrected chi connectivity index (χ3v) is 4.64. The number of benzene rings is 1. The summed E-state index contributed by atoms with van der Waals surface area (Å²) in [6.45, 7) is 3.39. The second-order valence-electron chi connectivity index (χ2n) is 5.63. The van der Waals surface area contributed by atoms with Crippen LogP contribution in [0.4, 0.5) is 0 Å². The monoisotopic (exact) mass is 247 g/mol. The number of rotatable bonds is 3. The summed E-state index contributed by atoms with van der Waals surface area (Å²) in [7, 11) is 1.62. The van der Waals surface area contributed by atoms with Gasteiger partial charge in [0.05, 0.1) is 7.11 Å². The number of phenolic OH excluding ortho intramolecular Hbond substituents is 1. The summed E-state index contributed by atoms with van der Waals surface area (Å²) in [4.78, 5) is 2.55. The number of methoxy groups -OCH3 is 1. The predicted octanol–water partition coefficient (Wildman–Crippen LogP) is 2.95. The molecule has 3 heteroatoms. The van der Waals surface area contributed by atoms with E-state index in [0.29, 0.717) is 17.5 Å². The first-order chi connectivity index (χ1) is 8.69. The Morgan fingerprint density at radius 1 is 1.39 bits per heavy atom. The highest BCUT2D eigenvalue weighted by Crippen LogP contribution is 2.43. The molecule has 3 atom stereocenters. The Morgan fingerprint density at radius 3 is 2.78 bits per heavy atom. The van der Waals surface area contributed by atoms with Crippen molar-refractivity contribution in [1.82, 2.24) is 4.90 Å². The first-order valence-corrected chi connectivity index (χ1v) is 6.81. The van der Waals surface area contributed by atoms with E-state index in [0.717, 1.165) is 17.5 Å². The average Bonchev–Trinajstić information content (AvgIpc) is 3.00. The van der Waals surface area contributed by atoms with E-state index in [9.17, 15) is 5.11 Å². The summed E-state index contributed by atoms with van der Waals surface area (Å²) in [5, 5.41) is 10.1. The van der Waals surface area contributed by atoms with Gasteiger partial charge in [-0.1, -0.05) is 6.07 Å². The van der Waals surface area contributed by atoms with Crippen molar-refractivity contribution in [2.75, 3.05) is 13.7 Å². The smallest absolute Gasteiger partial charge is 0.124 e. The lowest BCUT2D eigenvalue weighted by atomic mass is 10.0. The minimum atomic E-state index is 0.297. The maximum atomic E-state index is 10.1. The van der Waals surface area contributed by atoms with Crippen LogP contribution in [0.5, 0.6) is 11.5 Å². The number of piperidine rings is 1. The summed E-state index contributed by atoms with van der Waals surface area (Å²) in [6.07, 6.45) is 4.07. The lowest BCUT2D eigenvalue weighted by Crippen LogP contribution is -2.34. The molecule has 0 spiro atoms. The number of hydrogen-bond acceptors (Lipinski definition) is 3. The average molecular weight is 247 g/mol. The fourth-order valence-corrected chi connectivity index (χ4v) is 3.62. The predicted molar refractivity (Wildman–Crippen MR) is 70.9 cm³/mol. The van der Waals surface area contributed by atoms with Crippen molar-refractivity contribution in [2.45, 2.75) is 38.3 Å². The van der Waals surface area contributed by atoms with Crippen LogP contribution < -0.4 is 4.74 Å². The molecule has 1 aliphatic carbocycles. The van der Waals surface area contributed by atoms with Gasteiger partial charge in [-0.25, -0.2) is 0 Å². The number of ether oxygens (including phenoxy) is 1. The summed E-state index contributed by atoms with van der Waals surface area (Å²) < 4.78 is 5.13. The van der Waals surface area contributed by atoms with E-state index in [1.165, 1.54) is 25.8 Å². The maximum Gasteiger partial charge on any atom is 0.124 e. The van der Waals surface area contributed by atoms with Crippen LogP contribution in [0, 0.1) is 5.92 Å². The van der Waals surface area contributed by atoms with Crippen molar-refractivity contribution in [3.05, 3.63) is 23.8 Å². The lowest BCUT2D eigenvalue weighted by Gasteiger charge is -2.33. The van der Waals surface area contributed by atoms with Crippen molar-refractivity contribution < 1.29 is 9.84 Å². The molecule has 0 radical (unpaired) electrons. The molecule has 1 aromatic carbocycles. The van der Waals surface area contributed by atoms with Gasteiger partial charge in [0.2, 0.25) is 0 Å². The van der Waals surface area contributed by atoms with Crippen LogP contribution in [0.3, 0.4) is 0 Å². The maximum absolute atomic E-state index is 10.1. The number of aromatic hydroxyl groups is 1. The van der Waals surface area contributed by atoms with Gasteiger partial charge in [0.15, 0.2) is 0 Å². The van der Waals surface area contributed by atoms with Crippen LogP contribution in [0.25, 0.3) is 0 Å². The fraction of sp³-hybridized carbons (Fsp3) is 0.600. The Labute approximate surface area is 108 Å². The molecule has 18 heavy (non-hydrogen) atoms. The van der Waals surface area contributed by atoms with E-state index < -0.39 is 0 Å². The summed E-state index contributed by atoms with van der Waals surface area (Å²) >= 11 is 0. The van der Waals surface area contributed by atoms with Crippen LogP contribution in [0.2, 0.25) is 0 Å². The topological polar surface area (TPSA) is 32.7 Å². The van der Waals surface area contributed by atoms with Crippen LogP contribution in [-0.4, -0.2) is 29.7 Å². The SMILES string of the molecule is COc1ccc(C(C)N2CC3CCC2C3)c(O)c1. The Bertz CT molecular complexity index is 446. The molecule has 2 fully saturated rings.